The molecule has 3 aromatic rings. The minimum absolute atomic E-state index is 0.194. The monoisotopic (exact) mass is 374 g/mol. The number of halogens is 1. The molecular weight excluding hydrogens is 355 g/mol. The van der Waals surface area contributed by atoms with Crippen LogP contribution in [-0.2, 0) is 17.8 Å². The molecule has 3 rings (SSSR count). The molecule has 0 saturated carbocycles. The fourth-order valence-electron chi connectivity index (χ4n) is 2.67. The number of benzene rings is 1. The predicted molar refractivity (Wildman–Crippen MR) is 98.7 cm³/mol. The van der Waals surface area contributed by atoms with Crippen LogP contribution in [-0.4, -0.2) is 20.7 Å². The van der Waals surface area contributed by atoms with Gasteiger partial charge >= 0.3 is 0 Å². The second-order valence-electron chi connectivity index (χ2n) is 6.03. The van der Waals surface area contributed by atoms with E-state index in [1.165, 1.54) is 23.5 Å². The molecule has 0 unspecified atom stereocenters. The van der Waals surface area contributed by atoms with Gasteiger partial charge in [0.2, 0.25) is 5.91 Å². The van der Waals surface area contributed by atoms with Gasteiger partial charge in [0, 0.05) is 0 Å². The third kappa shape index (κ3) is 3.65. The van der Waals surface area contributed by atoms with Gasteiger partial charge in [0.25, 0.3) is 5.56 Å². The number of rotatable bonds is 5. The summed E-state index contributed by atoms with van der Waals surface area (Å²) >= 11 is 1.46. The van der Waals surface area contributed by atoms with E-state index in [0.29, 0.717) is 11.2 Å². The highest BCUT2D eigenvalue weighted by Gasteiger charge is 2.16. The van der Waals surface area contributed by atoms with Crippen LogP contribution in [0.4, 0.5) is 4.39 Å². The van der Waals surface area contributed by atoms with E-state index >= 15 is 0 Å². The quantitative estimate of drug-likeness (QED) is 0.745. The Morgan fingerprint density at radius 3 is 2.69 bits per heavy atom. The molecule has 26 heavy (non-hydrogen) atoms. The maximum absolute atomic E-state index is 13.0. The third-order valence-electron chi connectivity index (χ3n) is 4.05. The van der Waals surface area contributed by atoms with Gasteiger partial charge in [-0.05, 0) is 38.0 Å². The lowest BCUT2D eigenvalue weighted by Crippen LogP contribution is -2.35. The predicted octanol–water partition coefficient (Wildman–Crippen LogP) is 2.74. The first-order valence-corrected chi connectivity index (χ1v) is 9.12. The molecule has 0 saturated heterocycles. The summed E-state index contributed by atoms with van der Waals surface area (Å²) in [5.74, 6) is -0.678. The van der Waals surface area contributed by atoms with Crippen LogP contribution in [0.25, 0.3) is 10.2 Å². The van der Waals surface area contributed by atoms with Crippen LogP contribution >= 0.6 is 11.3 Å². The molecule has 136 valence electrons. The topological polar surface area (TPSA) is 76.9 Å². The average Bonchev–Trinajstić information content (AvgIpc) is 3.05. The Labute approximate surface area is 153 Å². The number of amides is 1. The number of fused-ring (bicyclic) bond motifs is 1. The second-order valence-corrected chi connectivity index (χ2v) is 7.11. The molecule has 0 aliphatic heterocycles. The fraction of sp³-hybridized carbons (Fsp3) is 0.333. The van der Waals surface area contributed by atoms with Crippen molar-refractivity contribution in [1.29, 1.82) is 0 Å². The van der Waals surface area contributed by atoms with Gasteiger partial charge < -0.3 is 5.32 Å². The molecule has 0 aliphatic rings. The average molecular weight is 374 g/mol. The van der Waals surface area contributed by atoms with Crippen LogP contribution in [0.15, 0.2) is 29.1 Å². The zero-order chi connectivity index (χ0) is 18.8. The molecule has 1 atom stereocenters. The second kappa shape index (κ2) is 7.33. The summed E-state index contributed by atoms with van der Waals surface area (Å²) in [6, 6.07) is 5.60. The number of hydrogen-bond acceptors (Lipinski definition) is 5. The Kier molecular flexibility index (Phi) is 5.13. The molecule has 0 radical (unpaired) electrons. The summed E-state index contributed by atoms with van der Waals surface area (Å²) in [6.07, 6.45) is 0.744. The van der Waals surface area contributed by atoms with E-state index in [4.69, 9.17) is 0 Å². The zero-order valence-corrected chi connectivity index (χ0v) is 15.6. The number of aromatic nitrogens is 3. The first-order valence-electron chi connectivity index (χ1n) is 8.31. The van der Waals surface area contributed by atoms with Crippen molar-refractivity contribution >= 4 is 27.5 Å². The van der Waals surface area contributed by atoms with Crippen molar-refractivity contribution in [1.82, 2.24) is 20.1 Å². The molecule has 0 spiro atoms. The van der Waals surface area contributed by atoms with E-state index in [9.17, 15) is 14.0 Å². The smallest absolute Gasteiger partial charge is 0.294 e. The molecule has 2 heterocycles. The van der Waals surface area contributed by atoms with Gasteiger partial charge in [0.1, 0.15) is 12.4 Å². The summed E-state index contributed by atoms with van der Waals surface area (Å²) in [5, 5.41) is 7.91. The van der Waals surface area contributed by atoms with Crippen LogP contribution in [0.1, 0.15) is 36.2 Å². The minimum Gasteiger partial charge on any atom is -0.348 e. The van der Waals surface area contributed by atoms with E-state index in [1.807, 2.05) is 6.92 Å². The standard InChI is InChI=1S/C18H19FN4O2S/c1-4-15-21-16-17(26-15)11(3)22-23(18(16)25)9-14(24)20-10(2)12-5-7-13(19)8-6-12/h5-8,10H,4,9H2,1-3H3,(H,20,24)/t10-/m0/s1. The minimum atomic E-state index is -0.369. The lowest BCUT2D eigenvalue weighted by atomic mass is 10.1. The summed E-state index contributed by atoms with van der Waals surface area (Å²) in [7, 11) is 0. The van der Waals surface area contributed by atoms with Crippen molar-refractivity contribution in [2.45, 2.75) is 39.8 Å². The van der Waals surface area contributed by atoms with Gasteiger partial charge in [-0.1, -0.05) is 19.1 Å². The number of thiazole rings is 1. The van der Waals surface area contributed by atoms with E-state index in [0.717, 1.165) is 26.4 Å². The Bertz CT molecular complexity index is 1010. The Balaban J connectivity index is 1.79. The molecular formula is C18H19FN4O2S. The van der Waals surface area contributed by atoms with Gasteiger partial charge in [0.05, 0.1) is 21.4 Å². The first kappa shape index (κ1) is 18.2. The lowest BCUT2D eigenvalue weighted by Gasteiger charge is -2.14. The number of nitrogens with zero attached hydrogens (tertiary/aromatic N) is 3. The molecule has 2 aromatic heterocycles. The summed E-state index contributed by atoms with van der Waals surface area (Å²) < 4.78 is 14.9. The van der Waals surface area contributed by atoms with Crippen molar-refractivity contribution in [2.75, 3.05) is 0 Å². The van der Waals surface area contributed by atoms with Crippen molar-refractivity contribution in [3.63, 3.8) is 0 Å². The van der Waals surface area contributed by atoms with Gasteiger partial charge in [-0.15, -0.1) is 11.3 Å². The number of aryl methyl sites for hydroxylation is 2. The molecule has 6 nitrogen and oxygen atoms in total. The number of nitrogens with one attached hydrogen (secondary N) is 1. The summed E-state index contributed by atoms with van der Waals surface area (Å²) in [4.78, 5) is 29.2. The summed E-state index contributed by atoms with van der Waals surface area (Å²) in [6.45, 7) is 5.38. The SMILES string of the molecule is CCc1nc2c(=O)n(CC(=O)N[C@@H](C)c3ccc(F)cc3)nc(C)c2s1. The normalized spacial score (nSPS) is 12.3. The van der Waals surface area contributed by atoms with Crippen LogP contribution < -0.4 is 10.9 Å². The van der Waals surface area contributed by atoms with Crippen molar-refractivity contribution < 1.29 is 9.18 Å². The summed E-state index contributed by atoms with van der Waals surface area (Å²) in [5.41, 5.74) is 1.44. The maximum atomic E-state index is 13.0. The van der Waals surface area contributed by atoms with Crippen LogP contribution in [0.3, 0.4) is 0 Å². The highest BCUT2D eigenvalue weighted by atomic mass is 32.1. The molecule has 0 bridgehead atoms. The molecule has 0 fully saturated rings. The number of carbonyl (C=O) groups excluding carboxylic acids is 1. The van der Waals surface area contributed by atoms with E-state index in [1.54, 1.807) is 26.0 Å². The Morgan fingerprint density at radius 2 is 2.04 bits per heavy atom. The molecule has 1 N–H and O–H groups in total. The molecule has 1 aromatic carbocycles. The van der Waals surface area contributed by atoms with E-state index < -0.39 is 0 Å². The molecule has 0 aliphatic carbocycles. The van der Waals surface area contributed by atoms with Crippen LogP contribution in [0.5, 0.6) is 0 Å². The molecule has 1 amide bonds. The van der Waals surface area contributed by atoms with Gasteiger partial charge in [-0.3, -0.25) is 9.59 Å². The largest absolute Gasteiger partial charge is 0.348 e. The number of hydrogen-bond donors (Lipinski definition) is 1. The highest BCUT2D eigenvalue weighted by Crippen LogP contribution is 2.21. The Morgan fingerprint density at radius 1 is 1.35 bits per heavy atom. The van der Waals surface area contributed by atoms with Crippen LogP contribution in [0, 0.1) is 12.7 Å². The highest BCUT2D eigenvalue weighted by molar-refractivity contribution is 7.18. The van der Waals surface area contributed by atoms with Crippen molar-refractivity contribution in [3.8, 4) is 0 Å². The van der Waals surface area contributed by atoms with Gasteiger partial charge in [-0.2, -0.15) is 5.10 Å². The van der Waals surface area contributed by atoms with Gasteiger partial charge in [0.15, 0.2) is 5.52 Å². The van der Waals surface area contributed by atoms with Crippen LogP contribution in [0.2, 0.25) is 0 Å². The lowest BCUT2D eigenvalue weighted by molar-refractivity contribution is -0.122. The van der Waals surface area contributed by atoms with Crippen molar-refractivity contribution in [2.24, 2.45) is 0 Å². The van der Waals surface area contributed by atoms with E-state index in [2.05, 4.69) is 15.4 Å². The fourth-order valence-corrected chi connectivity index (χ4v) is 3.60. The number of carbonyl (C=O) groups is 1. The molecule has 8 heteroatoms. The van der Waals surface area contributed by atoms with E-state index in [-0.39, 0.29) is 29.9 Å². The first-order chi connectivity index (χ1) is 12.4. The maximum Gasteiger partial charge on any atom is 0.294 e. The zero-order valence-electron chi connectivity index (χ0n) is 14.7. The van der Waals surface area contributed by atoms with Gasteiger partial charge in [-0.25, -0.2) is 14.1 Å². The Hall–Kier alpha value is -2.61. The van der Waals surface area contributed by atoms with Crippen molar-refractivity contribution in [3.05, 3.63) is 56.7 Å². The third-order valence-corrected chi connectivity index (χ3v) is 5.36.